The van der Waals surface area contributed by atoms with Gasteiger partial charge in [0.2, 0.25) is 0 Å². The standard InChI is InChI=1S/C74H124O6/c1-4-7-10-13-16-19-22-24-26-28-30-31-32-33-34-35-36-37-38-39-40-41-42-43-45-46-48-50-52-55-58-61-64-67-73(76)79-70-71(69-78-72(75)66-63-60-57-54-21-18-15-12-9-6-3)80-74(77)68-65-62-59-56-53-51-49-47-44-29-27-25-23-20-17-14-11-8-5-2/h7,10,12,15-17,19-20,24-27,30-31,33-34,36-37,39-40,71H,4-6,8-9,11,13-14,18,21-23,28-29,32,35,38,41-70H2,1-3H3/b10-7-,15-12-,19-16-,20-17-,26-24-,27-25-,31-30-,34-33-,37-36-,40-39-. The summed E-state index contributed by atoms with van der Waals surface area (Å²) in [6.45, 7) is 6.44. The zero-order valence-corrected chi connectivity index (χ0v) is 52.3. The van der Waals surface area contributed by atoms with E-state index in [1.54, 1.807) is 0 Å². The first kappa shape index (κ1) is 75.8. The van der Waals surface area contributed by atoms with Gasteiger partial charge in [0.1, 0.15) is 13.2 Å². The molecule has 456 valence electrons. The number of rotatable bonds is 60. The van der Waals surface area contributed by atoms with Crippen LogP contribution in [-0.4, -0.2) is 37.2 Å². The van der Waals surface area contributed by atoms with E-state index in [4.69, 9.17) is 14.2 Å². The molecule has 0 aliphatic carbocycles. The minimum absolute atomic E-state index is 0.0842. The van der Waals surface area contributed by atoms with Gasteiger partial charge in [-0.15, -0.1) is 0 Å². The molecule has 0 fully saturated rings. The van der Waals surface area contributed by atoms with Crippen LogP contribution in [0.5, 0.6) is 0 Å². The maximum Gasteiger partial charge on any atom is 0.306 e. The molecule has 6 nitrogen and oxygen atoms in total. The SMILES string of the molecule is CC/C=C\C/C=C\C/C=C\C/C=C\C/C=C\C/C=C\C/C=C\CCCCCCCCCCCCCC(=O)OCC(COC(=O)CCCCCCC/C=C\CCC)OC(=O)CCCCCCCCCCC/C=C\C/C=C\CCCCC. The van der Waals surface area contributed by atoms with E-state index in [9.17, 15) is 14.4 Å². The van der Waals surface area contributed by atoms with Gasteiger partial charge >= 0.3 is 17.9 Å². The molecule has 1 unspecified atom stereocenters. The summed E-state index contributed by atoms with van der Waals surface area (Å²) in [7, 11) is 0. The van der Waals surface area contributed by atoms with E-state index < -0.39 is 6.10 Å². The highest BCUT2D eigenvalue weighted by Crippen LogP contribution is 2.16. The topological polar surface area (TPSA) is 78.9 Å². The Kier molecular flexibility index (Phi) is 63.8. The fourth-order valence-electron chi connectivity index (χ4n) is 9.16. The highest BCUT2D eigenvalue weighted by molar-refractivity contribution is 5.71. The lowest BCUT2D eigenvalue weighted by molar-refractivity contribution is -0.167. The maximum absolute atomic E-state index is 12.9. The summed E-state index contributed by atoms with van der Waals surface area (Å²) in [5.74, 6) is -0.896. The minimum Gasteiger partial charge on any atom is -0.462 e. The van der Waals surface area contributed by atoms with Crippen molar-refractivity contribution >= 4 is 17.9 Å². The van der Waals surface area contributed by atoms with Crippen molar-refractivity contribution in [1.29, 1.82) is 0 Å². The number of allylic oxidation sites excluding steroid dienone is 20. The number of carbonyl (C=O) groups excluding carboxylic acids is 3. The second-order valence-corrected chi connectivity index (χ2v) is 22.0. The third-order valence-electron chi connectivity index (χ3n) is 14.2. The van der Waals surface area contributed by atoms with Crippen LogP contribution in [0.2, 0.25) is 0 Å². The van der Waals surface area contributed by atoms with Crippen LogP contribution in [0.4, 0.5) is 0 Å². The minimum atomic E-state index is -0.787. The van der Waals surface area contributed by atoms with Crippen LogP contribution >= 0.6 is 0 Å². The predicted molar refractivity (Wildman–Crippen MR) is 348 cm³/mol. The molecule has 0 N–H and O–H groups in total. The van der Waals surface area contributed by atoms with E-state index >= 15 is 0 Å². The molecular formula is C74H124O6. The number of hydrogen-bond acceptors (Lipinski definition) is 6. The average molecular weight is 1110 g/mol. The van der Waals surface area contributed by atoms with Crippen LogP contribution in [0, 0.1) is 0 Å². The second kappa shape index (κ2) is 67.3. The molecule has 0 aliphatic rings. The Labute approximate surface area is 494 Å². The first-order valence-electron chi connectivity index (χ1n) is 33.5. The third kappa shape index (κ3) is 64.6. The Bertz CT molecular complexity index is 1650. The Morgan fingerprint density at radius 1 is 0.263 bits per heavy atom. The van der Waals surface area contributed by atoms with E-state index in [0.29, 0.717) is 19.3 Å². The summed E-state index contributed by atoms with van der Waals surface area (Å²) >= 11 is 0. The van der Waals surface area contributed by atoms with E-state index in [1.807, 2.05) is 0 Å². The first-order valence-corrected chi connectivity index (χ1v) is 33.5. The van der Waals surface area contributed by atoms with Gasteiger partial charge in [0.25, 0.3) is 0 Å². The van der Waals surface area contributed by atoms with E-state index in [1.165, 1.54) is 148 Å². The normalized spacial score (nSPS) is 12.9. The molecule has 1 atom stereocenters. The van der Waals surface area contributed by atoms with E-state index in [0.717, 1.165) is 122 Å². The Balaban J connectivity index is 4.20. The zero-order chi connectivity index (χ0) is 57.8. The summed E-state index contributed by atoms with van der Waals surface area (Å²) < 4.78 is 16.9. The van der Waals surface area contributed by atoms with Gasteiger partial charge in [0, 0.05) is 19.3 Å². The van der Waals surface area contributed by atoms with E-state index in [-0.39, 0.29) is 31.1 Å². The van der Waals surface area contributed by atoms with Crippen molar-refractivity contribution in [2.24, 2.45) is 0 Å². The van der Waals surface area contributed by atoms with Crippen LogP contribution in [-0.2, 0) is 28.6 Å². The van der Waals surface area contributed by atoms with Crippen molar-refractivity contribution in [2.45, 2.75) is 316 Å². The van der Waals surface area contributed by atoms with Gasteiger partial charge in [-0.1, -0.05) is 284 Å². The molecule has 0 radical (unpaired) electrons. The number of hydrogen-bond donors (Lipinski definition) is 0. The van der Waals surface area contributed by atoms with Gasteiger partial charge in [-0.3, -0.25) is 14.4 Å². The van der Waals surface area contributed by atoms with Gasteiger partial charge in [-0.2, -0.15) is 0 Å². The lowest BCUT2D eigenvalue weighted by atomic mass is 10.0. The molecule has 0 spiro atoms. The van der Waals surface area contributed by atoms with Crippen molar-refractivity contribution in [3.8, 4) is 0 Å². The van der Waals surface area contributed by atoms with E-state index in [2.05, 4.69) is 142 Å². The maximum atomic E-state index is 12.9. The molecule has 0 amide bonds. The Morgan fingerprint density at radius 2 is 0.512 bits per heavy atom. The molecule has 0 aliphatic heterocycles. The number of esters is 3. The predicted octanol–water partition coefficient (Wildman–Crippen LogP) is 23.2. The average Bonchev–Trinajstić information content (AvgIpc) is 3.46. The monoisotopic (exact) mass is 1110 g/mol. The Morgan fingerprint density at radius 3 is 0.825 bits per heavy atom. The molecule has 0 aromatic heterocycles. The van der Waals surface area contributed by atoms with Gasteiger partial charge in [0.05, 0.1) is 0 Å². The smallest absolute Gasteiger partial charge is 0.306 e. The highest BCUT2D eigenvalue weighted by Gasteiger charge is 2.19. The van der Waals surface area contributed by atoms with Crippen LogP contribution in [0.3, 0.4) is 0 Å². The van der Waals surface area contributed by atoms with Gasteiger partial charge < -0.3 is 14.2 Å². The van der Waals surface area contributed by atoms with Gasteiger partial charge in [0.15, 0.2) is 6.10 Å². The van der Waals surface area contributed by atoms with Crippen molar-refractivity contribution in [2.75, 3.05) is 13.2 Å². The lowest BCUT2D eigenvalue weighted by Crippen LogP contribution is -2.30. The van der Waals surface area contributed by atoms with Crippen LogP contribution < -0.4 is 0 Å². The van der Waals surface area contributed by atoms with Crippen LogP contribution in [0.15, 0.2) is 122 Å². The molecule has 80 heavy (non-hydrogen) atoms. The molecule has 0 aromatic rings. The largest absolute Gasteiger partial charge is 0.462 e. The number of unbranched alkanes of at least 4 members (excludes halogenated alkanes) is 29. The Hall–Kier alpha value is -4.19. The highest BCUT2D eigenvalue weighted by atomic mass is 16.6. The zero-order valence-electron chi connectivity index (χ0n) is 52.3. The van der Waals surface area contributed by atoms with Gasteiger partial charge in [-0.25, -0.2) is 0 Å². The molecule has 0 aromatic carbocycles. The van der Waals surface area contributed by atoms with Crippen LogP contribution in [0.1, 0.15) is 310 Å². The summed E-state index contributed by atoms with van der Waals surface area (Å²) in [6, 6.07) is 0. The quantitative estimate of drug-likeness (QED) is 0.0261. The fourth-order valence-corrected chi connectivity index (χ4v) is 9.16. The molecule has 0 bridgehead atoms. The molecule has 0 saturated carbocycles. The van der Waals surface area contributed by atoms with Crippen molar-refractivity contribution < 1.29 is 28.6 Å². The second-order valence-electron chi connectivity index (χ2n) is 22.0. The number of carbonyl (C=O) groups is 3. The van der Waals surface area contributed by atoms with Crippen molar-refractivity contribution in [3.05, 3.63) is 122 Å². The lowest BCUT2D eigenvalue weighted by Gasteiger charge is -2.18. The van der Waals surface area contributed by atoms with Crippen LogP contribution in [0.25, 0.3) is 0 Å². The van der Waals surface area contributed by atoms with Crippen molar-refractivity contribution in [1.82, 2.24) is 0 Å². The fraction of sp³-hybridized carbons (Fsp3) is 0.689. The molecule has 6 heteroatoms. The van der Waals surface area contributed by atoms with Gasteiger partial charge in [-0.05, 0) is 128 Å². The number of ether oxygens (including phenoxy) is 3. The molecule has 0 saturated heterocycles. The summed E-state index contributed by atoms with van der Waals surface area (Å²) in [5, 5.41) is 0. The summed E-state index contributed by atoms with van der Waals surface area (Å²) in [4.78, 5) is 38.3. The molecular weight excluding hydrogens is 985 g/mol. The molecule has 0 heterocycles. The molecule has 0 rings (SSSR count). The summed E-state index contributed by atoms with van der Waals surface area (Å²) in [5.41, 5.74) is 0. The third-order valence-corrected chi connectivity index (χ3v) is 14.2. The van der Waals surface area contributed by atoms with Crippen molar-refractivity contribution in [3.63, 3.8) is 0 Å². The first-order chi connectivity index (χ1) is 39.5. The summed E-state index contributed by atoms with van der Waals surface area (Å²) in [6.07, 6.45) is 93.6.